The van der Waals surface area contributed by atoms with Crippen LogP contribution in [0.2, 0.25) is 5.02 Å². The van der Waals surface area contributed by atoms with Crippen molar-refractivity contribution in [3.8, 4) is 0 Å². The van der Waals surface area contributed by atoms with Crippen molar-refractivity contribution >= 4 is 66.1 Å². The van der Waals surface area contributed by atoms with Gasteiger partial charge in [0.05, 0.1) is 64.1 Å². The molecular formula is C61H78ClF3N10. The molecule has 0 atom stereocenters. The highest BCUT2D eigenvalue weighted by Crippen LogP contribution is 2.42. The number of aryl methyl sites for hydroxylation is 3. The predicted octanol–water partition coefficient (Wildman–Crippen LogP) is 17.5. The van der Waals surface area contributed by atoms with E-state index in [1.54, 1.807) is 20.8 Å². The molecule has 10 nitrogen and oxygen atoms in total. The predicted molar refractivity (Wildman–Crippen MR) is 308 cm³/mol. The minimum atomic E-state index is -4.34. The van der Waals surface area contributed by atoms with Crippen LogP contribution in [-0.4, -0.2) is 51.0 Å². The smallest absolute Gasteiger partial charge is 0.278 e. The average molecular weight is 1040 g/mol. The summed E-state index contributed by atoms with van der Waals surface area (Å²) in [6.45, 7) is 42.9. The minimum Gasteiger partial charge on any atom is -0.278 e. The van der Waals surface area contributed by atoms with Gasteiger partial charge in [-0.1, -0.05) is 122 Å². The van der Waals surface area contributed by atoms with Crippen molar-refractivity contribution in [2.75, 3.05) is 0 Å². The zero-order chi connectivity index (χ0) is 56.0. The number of H-pyrrole nitrogens is 5. The molecule has 5 N–H and O–H groups in total. The summed E-state index contributed by atoms with van der Waals surface area (Å²) in [5.41, 5.74) is 16.9. The van der Waals surface area contributed by atoms with Crippen molar-refractivity contribution in [1.29, 1.82) is 0 Å². The van der Waals surface area contributed by atoms with Crippen molar-refractivity contribution in [1.82, 2.24) is 51.0 Å². The van der Waals surface area contributed by atoms with E-state index in [0.29, 0.717) is 10.9 Å². The molecule has 0 aliphatic rings. The van der Waals surface area contributed by atoms with Gasteiger partial charge in [-0.15, -0.1) is 0 Å². The molecule has 5 heterocycles. The van der Waals surface area contributed by atoms with E-state index in [-0.39, 0.29) is 27.2 Å². The maximum absolute atomic E-state index is 13.0. The zero-order valence-corrected chi connectivity index (χ0v) is 48.5. The first-order chi connectivity index (χ1) is 34.5. The second-order valence-corrected chi connectivity index (χ2v) is 25.4. The second kappa shape index (κ2) is 21.3. The monoisotopic (exact) mass is 1040 g/mol. The van der Waals surface area contributed by atoms with Crippen LogP contribution in [0, 0.1) is 34.6 Å². The normalized spacial score (nSPS) is 12.5. The second-order valence-electron chi connectivity index (χ2n) is 25.0. The maximum atomic E-state index is 13.0. The van der Waals surface area contributed by atoms with Crippen molar-refractivity contribution in [2.24, 2.45) is 0 Å². The Kier molecular flexibility index (Phi) is 16.4. The lowest BCUT2D eigenvalue weighted by Gasteiger charge is -2.24. The van der Waals surface area contributed by atoms with Crippen LogP contribution in [-0.2, 0) is 33.3 Å². The molecule has 75 heavy (non-hydrogen) atoms. The molecule has 5 aromatic heterocycles. The van der Waals surface area contributed by atoms with E-state index in [0.717, 1.165) is 44.1 Å². The molecule has 0 aliphatic heterocycles. The molecule has 5 aromatic carbocycles. The molecule has 10 aromatic rings. The fourth-order valence-electron chi connectivity index (χ4n) is 10.5. The average Bonchev–Trinajstić information content (AvgIpc) is 4.13. The number of rotatable bonds is 0. The molecule has 0 saturated heterocycles. The summed E-state index contributed by atoms with van der Waals surface area (Å²) < 4.78 is 38.9. The Balaban J connectivity index is 0.000000153. The summed E-state index contributed by atoms with van der Waals surface area (Å²) in [6, 6.07) is 15.0. The Hall–Kier alpha value is -6.47. The van der Waals surface area contributed by atoms with Crippen LogP contribution < -0.4 is 0 Å². The Bertz CT molecular complexity index is 3400. The third-order valence-electron chi connectivity index (χ3n) is 13.6. The Morgan fingerprint density at radius 2 is 0.640 bits per heavy atom. The molecule has 0 amide bonds. The van der Waals surface area contributed by atoms with Gasteiger partial charge in [0.25, 0.3) is 0 Å². The topological polar surface area (TPSA) is 143 Å². The van der Waals surface area contributed by atoms with Crippen LogP contribution in [0.25, 0.3) is 54.5 Å². The molecule has 0 aliphatic carbocycles. The molecule has 14 heteroatoms. The summed E-state index contributed by atoms with van der Waals surface area (Å²) in [6.07, 6.45) is 4.73. The van der Waals surface area contributed by atoms with Crippen molar-refractivity contribution in [3.05, 3.63) is 146 Å². The highest BCUT2D eigenvalue weighted by atomic mass is 35.5. The van der Waals surface area contributed by atoms with Gasteiger partial charge in [0, 0.05) is 32.0 Å². The Morgan fingerprint density at radius 1 is 0.347 bits per heavy atom. The van der Waals surface area contributed by atoms with Crippen LogP contribution >= 0.6 is 11.6 Å². The van der Waals surface area contributed by atoms with E-state index < -0.39 is 17.2 Å². The fraction of sp³-hybridized carbons (Fsp3) is 0.426. The quantitative estimate of drug-likeness (QED) is 0.103. The minimum absolute atomic E-state index is 0.0421. The molecule has 0 radical (unpaired) electrons. The number of aromatic amines is 5. The highest BCUT2D eigenvalue weighted by Gasteiger charge is 2.37. The molecule has 0 spiro atoms. The highest BCUT2D eigenvalue weighted by molar-refractivity contribution is 6.32. The van der Waals surface area contributed by atoms with Gasteiger partial charge in [-0.2, -0.15) is 38.7 Å². The summed E-state index contributed by atoms with van der Waals surface area (Å²) in [4.78, 5) is 0. The number of hydrogen-bond acceptors (Lipinski definition) is 5. The van der Waals surface area contributed by atoms with Gasteiger partial charge in [0.1, 0.15) is 0 Å². The Labute approximate surface area is 445 Å². The zero-order valence-electron chi connectivity index (χ0n) is 47.8. The molecule has 0 unspecified atom stereocenters. The van der Waals surface area contributed by atoms with Gasteiger partial charge in [-0.05, 0) is 160 Å². The van der Waals surface area contributed by atoms with Crippen LogP contribution in [0.1, 0.15) is 165 Å². The fourth-order valence-corrected chi connectivity index (χ4v) is 11.0. The van der Waals surface area contributed by atoms with Crippen LogP contribution in [0.15, 0.2) is 79.5 Å². The largest absolute Gasteiger partial charge is 0.416 e. The van der Waals surface area contributed by atoms with Crippen molar-refractivity contribution in [2.45, 2.75) is 172 Å². The SMILES string of the molecule is CC(C)(C)c1c(C(F)(F)F)ccc2[nH]ncc12.CC(C)(C)c1c(Cl)ccc2[nH]ncc12.Cc1cc2[nH]ncc2c(C(C)(C)C)c1C.Cc1cc2[nH]ncc2c(C(C)(C)C)c1C.Cc1ccc2[nH]ncc2c1C(C)(C)C. The van der Waals surface area contributed by atoms with E-state index in [1.807, 2.05) is 36.9 Å². The van der Waals surface area contributed by atoms with Gasteiger partial charge < -0.3 is 0 Å². The number of nitrogens with zero attached hydrogens (tertiary/aromatic N) is 5. The van der Waals surface area contributed by atoms with Gasteiger partial charge in [-0.3, -0.25) is 25.5 Å². The summed E-state index contributed by atoms with van der Waals surface area (Å²) >= 11 is 6.20. The molecule has 0 fully saturated rings. The summed E-state index contributed by atoms with van der Waals surface area (Å²) in [5, 5.41) is 41.2. The number of fused-ring (bicyclic) bond motifs is 5. The number of alkyl halides is 3. The third-order valence-corrected chi connectivity index (χ3v) is 13.9. The molecule has 0 saturated carbocycles. The summed E-state index contributed by atoms with van der Waals surface area (Å²) in [5.74, 6) is 0. The number of aromatic nitrogens is 10. The summed E-state index contributed by atoms with van der Waals surface area (Å²) in [7, 11) is 0. The Morgan fingerprint density at radius 3 is 0.987 bits per heavy atom. The van der Waals surface area contributed by atoms with E-state index >= 15 is 0 Å². The van der Waals surface area contributed by atoms with Gasteiger partial charge in [0.2, 0.25) is 0 Å². The van der Waals surface area contributed by atoms with E-state index in [9.17, 15) is 13.2 Å². The lowest BCUT2D eigenvalue weighted by molar-refractivity contribution is -0.138. The van der Waals surface area contributed by atoms with E-state index in [2.05, 4.69) is 193 Å². The number of halogens is 4. The van der Waals surface area contributed by atoms with Crippen molar-refractivity contribution < 1.29 is 13.2 Å². The third kappa shape index (κ3) is 12.8. The number of hydrogen-bond donors (Lipinski definition) is 5. The lowest BCUT2D eigenvalue weighted by Crippen LogP contribution is -2.19. The number of benzene rings is 5. The van der Waals surface area contributed by atoms with Crippen LogP contribution in [0.3, 0.4) is 0 Å². The van der Waals surface area contributed by atoms with Crippen LogP contribution in [0.5, 0.6) is 0 Å². The van der Waals surface area contributed by atoms with Gasteiger partial charge >= 0.3 is 6.18 Å². The van der Waals surface area contributed by atoms with Crippen molar-refractivity contribution in [3.63, 3.8) is 0 Å². The molecule has 400 valence electrons. The molecule has 10 rings (SSSR count). The van der Waals surface area contributed by atoms with E-state index in [4.69, 9.17) is 11.6 Å². The number of nitrogens with one attached hydrogen (secondary N) is 5. The first-order valence-corrected chi connectivity index (χ1v) is 25.9. The molecular weight excluding hydrogens is 965 g/mol. The first kappa shape index (κ1) is 57.8. The van der Waals surface area contributed by atoms with Gasteiger partial charge in [-0.25, -0.2) is 0 Å². The standard InChI is InChI=1S/2C13H18N2.C12H13F3N2.C12H16N2.C11H13ClN2/c2*1-8-6-11-10(7-14-15-11)12(9(8)2)13(3,4)5;1-11(2,3)10-7-6-16-17-9(7)5-4-8(10)12(13,14)15;1-8-5-6-10-9(7-13-14-10)11(8)12(2,3)4;1-11(2,3)10-7-6-13-14-9(7)5-4-8(10)12/h2*6-7H,1-5H3,(H,14,15);4-6H,1-3H3,(H,16,17);5-7H,1-4H3,(H,13,14);4-6H,1-3H3,(H,13,14). The molecule has 0 bridgehead atoms. The van der Waals surface area contributed by atoms with Crippen LogP contribution in [0.4, 0.5) is 13.2 Å². The van der Waals surface area contributed by atoms with E-state index in [1.165, 1.54) is 72.9 Å². The lowest BCUT2D eigenvalue weighted by atomic mass is 9.81. The maximum Gasteiger partial charge on any atom is 0.416 e. The van der Waals surface area contributed by atoms with Gasteiger partial charge in [0.15, 0.2) is 0 Å². The first-order valence-electron chi connectivity index (χ1n) is 25.5.